The van der Waals surface area contributed by atoms with Gasteiger partial charge in [-0.25, -0.2) is 9.07 Å². The Morgan fingerprint density at radius 1 is 1.26 bits per heavy atom. The molecule has 3 heterocycles. The lowest BCUT2D eigenvalue weighted by atomic mass is 9.86. The van der Waals surface area contributed by atoms with Crippen molar-refractivity contribution in [2.75, 3.05) is 33.2 Å². The number of rotatable bonds is 3. The molecule has 0 saturated carbocycles. The van der Waals surface area contributed by atoms with E-state index in [-0.39, 0.29) is 17.3 Å². The van der Waals surface area contributed by atoms with Crippen LogP contribution in [-0.2, 0) is 11.3 Å². The number of aromatic nitrogens is 2. The maximum atomic E-state index is 14.0. The van der Waals surface area contributed by atoms with E-state index < -0.39 is 0 Å². The van der Waals surface area contributed by atoms with E-state index in [9.17, 15) is 9.18 Å². The molecule has 4 rings (SSSR count). The average molecular weight is 371 g/mol. The SMILES string of the molecule is CN1CCN(Cc2cnn(-c3ccccc3F)c2)CC12CCNC(=O)CC2. The first-order chi connectivity index (χ1) is 13.1. The zero-order valence-electron chi connectivity index (χ0n) is 15.7. The molecule has 1 spiro atoms. The van der Waals surface area contributed by atoms with Gasteiger partial charge in [0.2, 0.25) is 5.91 Å². The predicted octanol–water partition coefficient (Wildman–Crippen LogP) is 1.80. The molecule has 2 saturated heterocycles. The van der Waals surface area contributed by atoms with Crippen LogP contribution < -0.4 is 5.32 Å². The minimum atomic E-state index is -0.277. The maximum Gasteiger partial charge on any atom is 0.220 e. The van der Waals surface area contributed by atoms with Gasteiger partial charge in [-0.2, -0.15) is 5.10 Å². The molecule has 1 aromatic heterocycles. The van der Waals surface area contributed by atoms with Crippen molar-refractivity contribution in [2.45, 2.75) is 31.3 Å². The van der Waals surface area contributed by atoms with Crippen LogP contribution in [0.4, 0.5) is 4.39 Å². The number of hydrogen-bond acceptors (Lipinski definition) is 4. The van der Waals surface area contributed by atoms with Crippen LogP contribution in [0, 0.1) is 5.82 Å². The van der Waals surface area contributed by atoms with E-state index in [1.54, 1.807) is 16.8 Å². The summed E-state index contributed by atoms with van der Waals surface area (Å²) in [5, 5.41) is 7.34. The van der Waals surface area contributed by atoms with Crippen molar-refractivity contribution in [3.63, 3.8) is 0 Å². The Labute approximate surface area is 158 Å². The average Bonchev–Trinajstić information content (AvgIpc) is 3.03. The molecule has 1 aromatic carbocycles. The molecular formula is C20H26FN5O. The summed E-state index contributed by atoms with van der Waals surface area (Å²) in [5.74, 6) is -0.120. The molecule has 0 aliphatic carbocycles. The number of para-hydroxylation sites is 1. The first-order valence-corrected chi connectivity index (χ1v) is 9.54. The number of likely N-dealkylation sites (N-methyl/N-ethyl adjacent to an activating group) is 1. The number of nitrogens with one attached hydrogen (secondary N) is 1. The van der Waals surface area contributed by atoms with Crippen molar-refractivity contribution >= 4 is 5.91 Å². The van der Waals surface area contributed by atoms with Gasteiger partial charge in [0, 0.05) is 56.4 Å². The Kier molecular flexibility index (Phi) is 4.97. The molecular weight excluding hydrogens is 345 g/mol. The number of amides is 1. The van der Waals surface area contributed by atoms with Crippen LogP contribution in [0.2, 0.25) is 0 Å². The second-order valence-electron chi connectivity index (χ2n) is 7.70. The fourth-order valence-electron chi connectivity index (χ4n) is 4.28. The number of carbonyl (C=O) groups excluding carboxylic acids is 1. The van der Waals surface area contributed by atoms with E-state index in [1.165, 1.54) is 6.07 Å². The normalized spacial score (nSPS) is 24.7. The summed E-state index contributed by atoms with van der Waals surface area (Å²) in [4.78, 5) is 16.6. The summed E-state index contributed by atoms with van der Waals surface area (Å²) in [6.07, 6.45) is 6.17. The minimum Gasteiger partial charge on any atom is -0.356 e. The molecule has 7 heteroatoms. The zero-order valence-corrected chi connectivity index (χ0v) is 15.7. The monoisotopic (exact) mass is 371 g/mol. The van der Waals surface area contributed by atoms with Gasteiger partial charge in [-0.05, 0) is 32.0 Å². The van der Waals surface area contributed by atoms with Crippen molar-refractivity contribution in [1.29, 1.82) is 0 Å². The van der Waals surface area contributed by atoms with Crippen LogP contribution in [0.1, 0.15) is 24.8 Å². The fourth-order valence-corrected chi connectivity index (χ4v) is 4.28. The first-order valence-electron chi connectivity index (χ1n) is 9.54. The number of piperazine rings is 1. The Bertz CT molecular complexity index is 822. The third-order valence-electron chi connectivity index (χ3n) is 5.95. The predicted molar refractivity (Wildman–Crippen MR) is 101 cm³/mol. The smallest absolute Gasteiger partial charge is 0.220 e. The molecule has 1 unspecified atom stereocenters. The Balaban J connectivity index is 1.47. The Morgan fingerprint density at radius 2 is 2.11 bits per heavy atom. The highest BCUT2D eigenvalue weighted by molar-refractivity contribution is 5.76. The largest absolute Gasteiger partial charge is 0.356 e. The van der Waals surface area contributed by atoms with E-state index in [4.69, 9.17) is 0 Å². The van der Waals surface area contributed by atoms with E-state index in [0.717, 1.165) is 51.1 Å². The van der Waals surface area contributed by atoms with Gasteiger partial charge in [0.25, 0.3) is 0 Å². The summed E-state index contributed by atoms with van der Waals surface area (Å²) < 4.78 is 15.6. The highest BCUT2D eigenvalue weighted by Crippen LogP contribution is 2.31. The van der Waals surface area contributed by atoms with Gasteiger partial charge >= 0.3 is 0 Å². The molecule has 1 N–H and O–H groups in total. The molecule has 2 aliphatic rings. The van der Waals surface area contributed by atoms with Gasteiger partial charge in [0.15, 0.2) is 0 Å². The number of hydrogen-bond donors (Lipinski definition) is 1. The quantitative estimate of drug-likeness (QED) is 0.894. The second kappa shape index (κ2) is 7.40. The fraction of sp³-hybridized carbons (Fsp3) is 0.500. The third kappa shape index (κ3) is 3.75. The lowest BCUT2D eigenvalue weighted by molar-refractivity contribution is -0.121. The van der Waals surface area contributed by atoms with Crippen LogP contribution >= 0.6 is 0 Å². The van der Waals surface area contributed by atoms with Crippen LogP contribution in [0.15, 0.2) is 36.7 Å². The Hall–Kier alpha value is -2.25. The summed E-state index contributed by atoms with van der Waals surface area (Å²) in [6, 6.07) is 6.67. The second-order valence-corrected chi connectivity index (χ2v) is 7.70. The van der Waals surface area contributed by atoms with Crippen molar-refractivity contribution in [3.05, 3.63) is 48.0 Å². The molecule has 27 heavy (non-hydrogen) atoms. The highest BCUT2D eigenvalue weighted by atomic mass is 19.1. The molecule has 2 aromatic rings. The zero-order chi connectivity index (χ0) is 18.9. The van der Waals surface area contributed by atoms with Crippen LogP contribution in [0.3, 0.4) is 0 Å². The van der Waals surface area contributed by atoms with Crippen LogP contribution in [-0.4, -0.2) is 64.3 Å². The van der Waals surface area contributed by atoms with E-state index in [0.29, 0.717) is 12.1 Å². The lowest BCUT2D eigenvalue weighted by Gasteiger charge is -2.49. The van der Waals surface area contributed by atoms with Crippen molar-refractivity contribution < 1.29 is 9.18 Å². The highest BCUT2D eigenvalue weighted by Gasteiger charge is 2.40. The van der Waals surface area contributed by atoms with Crippen LogP contribution in [0.5, 0.6) is 0 Å². The number of nitrogens with zero attached hydrogens (tertiary/aromatic N) is 4. The van der Waals surface area contributed by atoms with Gasteiger partial charge < -0.3 is 5.32 Å². The van der Waals surface area contributed by atoms with Crippen molar-refractivity contribution in [1.82, 2.24) is 24.9 Å². The topological polar surface area (TPSA) is 53.4 Å². The van der Waals surface area contributed by atoms with Gasteiger partial charge in [-0.15, -0.1) is 0 Å². The number of carbonyl (C=O) groups is 1. The molecule has 6 nitrogen and oxygen atoms in total. The number of benzene rings is 1. The molecule has 2 aliphatic heterocycles. The third-order valence-corrected chi connectivity index (χ3v) is 5.95. The summed E-state index contributed by atoms with van der Waals surface area (Å²) in [5.41, 5.74) is 1.58. The van der Waals surface area contributed by atoms with Gasteiger partial charge in [-0.3, -0.25) is 14.6 Å². The number of halogens is 1. The minimum absolute atomic E-state index is 0.0406. The summed E-state index contributed by atoms with van der Waals surface area (Å²) in [6.45, 7) is 4.41. The van der Waals surface area contributed by atoms with E-state index >= 15 is 0 Å². The maximum absolute atomic E-state index is 14.0. The molecule has 0 radical (unpaired) electrons. The molecule has 144 valence electrons. The molecule has 1 atom stereocenters. The van der Waals surface area contributed by atoms with Gasteiger partial charge in [0.05, 0.1) is 6.20 Å². The first kappa shape index (κ1) is 18.1. The Morgan fingerprint density at radius 3 is 2.96 bits per heavy atom. The van der Waals surface area contributed by atoms with E-state index in [2.05, 4.69) is 27.3 Å². The molecule has 2 fully saturated rings. The van der Waals surface area contributed by atoms with Crippen molar-refractivity contribution in [3.8, 4) is 5.69 Å². The van der Waals surface area contributed by atoms with Crippen LogP contribution in [0.25, 0.3) is 5.69 Å². The molecule has 1 amide bonds. The summed E-state index contributed by atoms with van der Waals surface area (Å²) in [7, 11) is 2.17. The van der Waals surface area contributed by atoms with Gasteiger partial charge in [-0.1, -0.05) is 12.1 Å². The van der Waals surface area contributed by atoms with E-state index in [1.807, 2.05) is 18.5 Å². The standard InChI is InChI=1S/C20H26FN5O/c1-24-10-11-25(15-20(24)7-6-19(27)22-9-8-20)13-16-12-23-26(14-16)18-5-3-2-4-17(18)21/h2-5,12,14H,6-11,13,15H2,1H3,(H,22,27). The molecule has 0 bridgehead atoms. The summed E-state index contributed by atoms with van der Waals surface area (Å²) >= 11 is 0. The van der Waals surface area contributed by atoms with Crippen molar-refractivity contribution in [2.24, 2.45) is 0 Å². The lowest BCUT2D eigenvalue weighted by Crippen LogP contribution is -2.60. The van der Waals surface area contributed by atoms with Gasteiger partial charge in [0.1, 0.15) is 11.5 Å².